The second kappa shape index (κ2) is 6.11. The van der Waals surface area contributed by atoms with Crippen LogP contribution in [0, 0.1) is 3.57 Å². The smallest absolute Gasteiger partial charge is 0.229 e. The maximum atomic E-state index is 11.9. The van der Waals surface area contributed by atoms with Crippen molar-refractivity contribution in [3.05, 3.63) is 27.6 Å². The second-order valence-corrected chi connectivity index (χ2v) is 5.93. The number of anilines is 1. The van der Waals surface area contributed by atoms with Crippen molar-refractivity contribution < 1.29 is 14.3 Å². The molecule has 22 heavy (non-hydrogen) atoms. The highest BCUT2D eigenvalue weighted by Gasteiger charge is 2.29. The molecule has 0 spiro atoms. The fraction of sp³-hybridized carbons (Fsp3) is 0.357. The summed E-state index contributed by atoms with van der Waals surface area (Å²) in [6.45, 7) is 2.49. The van der Waals surface area contributed by atoms with Crippen molar-refractivity contribution in [3.63, 3.8) is 0 Å². The van der Waals surface area contributed by atoms with Crippen LogP contribution in [-0.2, 0) is 4.79 Å². The molecule has 1 aromatic heterocycles. The van der Waals surface area contributed by atoms with Crippen LogP contribution in [0.1, 0.15) is 24.9 Å². The lowest BCUT2D eigenvalue weighted by Crippen LogP contribution is -2.29. The number of aromatic nitrogens is 3. The van der Waals surface area contributed by atoms with E-state index in [0.29, 0.717) is 30.5 Å². The molecule has 1 atom stereocenters. The van der Waals surface area contributed by atoms with Crippen molar-refractivity contribution in [2.45, 2.75) is 19.4 Å². The quantitative estimate of drug-likeness (QED) is 0.777. The van der Waals surface area contributed by atoms with Gasteiger partial charge in [-0.15, -0.1) is 0 Å². The Morgan fingerprint density at radius 1 is 1.50 bits per heavy atom. The minimum absolute atomic E-state index is 0.0756. The first-order valence-corrected chi connectivity index (χ1v) is 7.91. The third-order valence-electron chi connectivity index (χ3n) is 3.42. The molecule has 1 amide bonds. The van der Waals surface area contributed by atoms with Crippen LogP contribution in [0.3, 0.4) is 0 Å². The minimum atomic E-state index is -0.204. The lowest BCUT2D eigenvalue weighted by Gasteiger charge is -2.24. The predicted molar refractivity (Wildman–Crippen MR) is 88.3 cm³/mol. The van der Waals surface area contributed by atoms with E-state index >= 15 is 0 Å². The molecule has 2 aromatic rings. The van der Waals surface area contributed by atoms with E-state index in [2.05, 4.69) is 38.0 Å². The molecule has 0 unspecified atom stereocenters. The number of nitrogens with zero attached hydrogens (tertiary/aromatic N) is 3. The molecule has 7 nitrogen and oxygen atoms in total. The molecular formula is C14H15IN4O3. The SMILES string of the molecule is CCOc1c(I)cc([C@@H]2CC(=O)Nc3ncnn32)cc1OC. The van der Waals surface area contributed by atoms with Gasteiger partial charge in [-0.05, 0) is 47.2 Å². The first-order chi connectivity index (χ1) is 10.6. The third kappa shape index (κ3) is 2.62. The number of halogens is 1. The van der Waals surface area contributed by atoms with Gasteiger partial charge < -0.3 is 9.47 Å². The van der Waals surface area contributed by atoms with Gasteiger partial charge in [0, 0.05) is 0 Å². The first-order valence-electron chi connectivity index (χ1n) is 6.83. The Morgan fingerprint density at radius 2 is 2.32 bits per heavy atom. The molecule has 0 saturated carbocycles. The average molecular weight is 414 g/mol. The Hall–Kier alpha value is -1.84. The molecule has 2 heterocycles. The molecule has 3 rings (SSSR count). The summed E-state index contributed by atoms with van der Waals surface area (Å²) in [6, 6.07) is 3.68. The number of methoxy groups -OCH3 is 1. The van der Waals surface area contributed by atoms with Crippen LogP contribution >= 0.6 is 22.6 Å². The molecule has 8 heteroatoms. The molecule has 1 aliphatic rings. The van der Waals surface area contributed by atoms with E-state index < -0.39 is 0 Å². The van der Waals surface area contributed by atoms with Gasteiger partial charge in [-0.25, -0.2) is 4.68 Å². The molecule has 1 aromatic carbocycles. The number of hydrogen-bond donors (Lipinski definition) is 1. The highest BCUT2D eigenvalue weighted by molar-refractivity contribution is 14.1. The normalized spacial score (nSPS) is 16.9. The van der Waals surface area contributed by atoms with E-state index in [-0.39, 0.29) is 11.9 Å². The fourth-order valence-electron chi connectivity index (χ4n) is 2.48. The summed E-state index contributed by atoms with van der Waals surface area (Å²) in [4.78, 5) is 15.9. The van der Waals surface area contributed by atoms with Gasteiger partial charge in [0.05, 0.1) is 29.7 Å². The van der Waals surface area contributed by atoms with Gasteiger partial charge in [-0.3, -0.25) is 10.1 Å². The van der Waals surface area contributed by atoms with Crippen LogP contribution in [0.2, 0.25) is 0 Å². The Kier molecular flexibility index (Phi) is 4.19. The van der Waals surface area contributed by atoms with Crippen LogP contribution in [0.5, 0.6) is 11.5 Å². The van der Waals surface area contributed by atoms with Gasteiger partial charge in [0.1, 0.15) is 6.33 Å². The number of fused-ring (bicyclic) bond motifs is 1. The monoisotopic (exact) mass is 414 g/mol. The van der Waals surface area contributed by atoms with Crippen LogP contribution in [0.4, 0.5) is 5.95 Å². The maximum Gasteiger partial charge on any atom is 0.229 e. The summed E-state index contributed by atoms with van der Waals surface area (Å²) in [5.74, 6) is 1.75. The number of carbonyl (C=O) groups excluding carboxylic acids is 1. The predicted octanol–water partition coefficient (Wildman–Crippen LogP) is 2.22. The maximum absolute atomic E-state index is 11.9. The van der Waals surface area contributed by atoms with Gasteiger partial charge >= 0.3 is 0 Å². The zero-order valence-corrected chi connectivity index (χ0v) is 14.3. The summed E-state index contributed by atoms with van der Waals surface area (Å²) < 4.78 is 13.7. The molecule has 0 fully saturated rings. The number of ether oxygens (including phenoxy) is 2. The standard InChI is InChI=1S/C14H15IN4O3/c1-3-22-13-9(15)4-8(5-11(13)21-2)10-6-12(20)18-14-16-7-17-19(10)14/h4-5,7,10H,3,6H2,1-2H3,(H,16,17,18,20)/t10-/m0/s1. The molecule has 0 bridgehead atoms. The van der Waals surface area contributed by atoms with E-state index in [1.165, 1.54) is 6.33 Å². The average Bonchev–Trinajstić information content (AvgIpc) is 2.96. The summed E-state index contributed by atoms with van der Waals surface area (Å²) in [5, 5.41) is 6.92. The summed E-state index contributed by atoms with van der Waals surface area (Å²) in [7, 11) is 1.60. The zero-order chi connectivity index (χ0) is 15.7. The zero-order valence-electron chi connectivity index (χ0n) is 12.2. The van der Waals surface area contributed by atoms with E-state index in [4.69, 9.17) is 9.47 Å². The molecule has 1 aliphatic heterocycles. The van der Waals surface area contributed by atoms with E-state index in [1.807, 2.05) is 19.1 Å². The highest BCUT2D eigenvalue weighted by Crippen LogP contribution is 2.38. The lowest BCUT2D eigenvalue weighted by atomic mass is 10.0. The molecule has 1 N–H and O–H groups in total. The molecule has 0 aliphatic carbocycles. The van der Waals surface area contributed by atoms with E-state index in [1.54, 1.807) is 11.8 Å². The summed E-state index contributed by atoms with van der Waals surface area (Å²) >= 11 is 2.21. The second-order valence-electron chi connectivity index (χ2n) is 4.76. The fourth-order valence-corrected chi connectivity index (χ4v) is 3.26. The van der Waals surface area contributed by atoms with Crippen molar-refractivity contribution in [1.29, 1.82) is 0 Å². The number of amides is 1. The largest absolute Gasteiger partial charge is 0.493 e. The molecule has 116 valence electrons. The van der Waals surface area contributed by atoms with Crippen molar-refractivity contribution in [1.82, 2.24) is 14.8 Å². The minimum Gasteiger partial charge on any atom is -0.493 e. The lowest BCUT2D eigenvalue weighted by molar-refractivity contribution is -0.117. The van der Waals surface area contributed by atoms with Gasteiger partial charge in [0.15, 0.2) is 11.5 Å². The molecule has 0 saturated heterocycles. The third-order valence-corrected chi connectivity index (χ3v) is 4.22. The molecule has 0 radical (unpaired) electrons. The van der Waals surface area contributed by atoms with Crippen molar-refractivity contribution >= 4 is 34.4 Å². The van der Waals surface area contributed by atoms with Crippen molar-refractivity contribution in [3.8, 4) is 11.5 Å². The van der Waals surface area contributed by atoms with Gasteiger partial charge in [0.2, 0.25) is 11.9 Å². The number of carbonyl (C=O) groups is 1. The van der Waals surface area contributed by atoms with Gasteiger partial charge in [0.25, 0.3) is 0 Å². The summed E-state index contributed by atoms with van der Waals surface area (Å²) in [5.41, 5.74) is 0.936. The number of benzene rings is 1. The van der Waals surface area contributed by atoms with Crippen LogP contribution in [0.15, 0.2) is 18.5 Å². The van der Waals surface area contributed by atoms with Gasteiger partial charge in [-0.1, -0.05) is 0 Å². The Balaban J connectivity index is 2.06. The Labute approximate surface area is 141 Å². The topological polar surface area (TPSA) is 78.3 Å². The van der Waals surface area contributed by atoms with E-state index in [0.717, 1.165) is 9.13 Å². The van der Waals surface area contributed by atoms with Crippen LogP contribution < -0.4 is 14.8 Å². The first kappa shape index (κ1) is 15.1. The van der Waals surface area contributed by atoms with Crippen molar-refractivity contribution in [2.24, 2.45) is 0 Å². The van der Waals surface area contributed by atoms with Crippen LogP contribution in [-0.4, -0.2) is 34.4 Å². The number of hydrogen-bond acceptors (Lipinski definition) is 5. The van der Waals surface area contributed by atoms with Crippen LogP contribution in [0.25, 0.3) is 0 Å². The number of rotatable bonds is 4. The Bertz CT molecular complexity index is 716. The number of nitrogens with one attached hydrogen (secondary N) is 1. The Morgan fingerprint density at radius 3 is 3.05 bits per heavy atom. The van der Waals surface area contributed by atoms with Gasteiger partial charge in [-0.2, -0.15) is 10.1 Å². The molecular weight excluding hydrogens is 399 g/mol. The van der Waals surface area contributed by atoms with Crippen molar-refractivity contribution in [2.75, 3.05) is 19.0 Å². The summed E-state index contributed by atoms with van der Waals surface area (Å²) in [6.07, 6.45) is 1.74. The highest BCUT2D eigenvalue weighted by atomic mass is 127. The van der Waals surface area contributed by atoms with E-state index in [9.17, 15) is 4.79 Å².